The molecule has 122 valence electrons. The van der Waals surface area contributed by atoms with E-state index in [0.29, 0.717) is 11.3 Å². The SMILES string of the molecule is CC1(C)Oc2ccc(Br)cc2C(Oc2ccc(=O)[nH]n2)C1(C)O. The Hall–Kier alpha value is -1.86. The topological polar surface area (TPSA) is 84.4 Å². The van der Waals surface area contributed by atoms with Crippen LogP contribution in [0.3, 0.4) is 0 Å². The summed E-state index contributed by atoms with van der Waals surface area (Å²) in [6.45, 7) is 5.26. The number of aromatic amines is 1. The maximum absolute atomic E-state index is 11.1. The van der Waals surface area contributed by atoms with E-state index in [-0.39, 0.29) is 11.4 Å². The largest absolute Gasteiger partial charge is 0.484 e. The number of nitrogens with zero attached hydrogens (tertiary/aromatic N) is 1. The van der Waals surface area contributed by atoms with Gasteiger partial charge in [-0.25, -0.2) is 5.10 Å². The Morgan fingerprint density at radius 2 is 2.04 bits per heavy atom. The fourth-order valence-electron chi connectivity index (χ4n) is 2.51. The summed E-state index contributed by atoms with van der Waals surface area (Å²) in [6.07, 6.45) is -0.711. The lowest BCUT2D eigenvalue weighted by molar-refractivity contribution is -0.175. The van der Waals surface area contributed by atoms with Crippen LogP contribution in [0.2, 0.25) is 0 Å². The molecular formula is C16H17BrN2O4. The van der Waals surface area contributed by atoms with Crippen LogP contribution in [0.5, 0.6) is 11.6 Å². The van der Waals surface area contributed by atoms with Crippen molar-refractivity contribution >= 4 is 15.9 Å². The molecule has 2 N–H and O–H groups in total. The molecule has 1 aliphatic rings. The Labute approximate surface area is 141 Å². The number of hydrogen-bond donors (Lipinski definition) is 2. The van der Waals surface area contributed by atoms with E-state index < -0.39 is 17.3 Å². The molecule has 23 heavy (non-hydrogen) atoms. The van der Waals surface area contributed by atoms with Crippen LogP contribution in [0.25, 0.3) is 0 Å². The Balaban J connectivity index is 2.09. The predicted octanol–water partition coefficient (Wildman–Crippen LogP) is 2.57. The van der Waals surface area contributed by atoms with Crippen LogP contribution in [0.15, 0.2) is 39.6 Å². The molecule has 0 fully saturated rings. The molecule has 2 aromatic rings. The Bertz CT molecular complexity index is 780. The minimum absolute atomic E-state index is 0.221. The van der Waals surface area contributed by atoms with Gasteiger partial charge in [0.1, 0.15) is 17.0 Å². The van der Waals surface area contributed by atoms with Crippen molar-refractivity contribution in [3.05, 3.63) is 50.7 Å². The molecule has 2 heterocycles. The van der Waals surface area contributed by atoms with Gasteiger partial charge in [0.2, 0.25) is 5.88 Å². The van der Waals surface area contributed by atoms with Crippen LogP contribution >= 0.6 is 15.9 Å². The summed E-state index contributed by atoms with van der Waals surface area (Å²) in [5.41, 5.74) is -1.81. The van der Waals surface area contributed by atoms with E-state index in [4.69, 9.17) is 9.47 Å². The highest BCUT2D eigenvalue weighted by molar-refractivity contribution is 9.10. The van der Waals surface area contributed by atoms with Crippen molar-refractivity contribution < 1.29 is 14.6 Å². The fraction of sp³-hybridized carbons (Fsp3) is 0.375. The van der Waals surface area contributed by atoms with Gasteiger partial charge in [-0.3, -0.25) is 4.79 Å². The number of halogens is 1. The molecule has 0 aliphatic carbocycles. The van der Waals surface area contributed by atoms with Gasteiger partial charge in [-0.05, 0) is 39.0 Å². The molecular weight excluding hydrogens is 364 g/mol. The molecule has 0 radical (unpaired) electrons. The number of H-pyrrole nitrogens is 1. The molecule has 6 nitrogen and oxygen atoms in total. The van der Waals surface area contributed by atoms with E-state index >= 15 is 0 Å². The first-order valence-electron chi connectivity index (χ1n) is 7.14. The molecule has 2 unspecified atom stereocenters. The van der Waals surface area contributed by atoms with E-state index in [0.717, 1.165) is 4.47 Å². The Kier molecular flexibility index (Phi) is 3.72. The smallest absolute Gasteiger partial charge is 0.264 e. The Morgan fingerprint density at radius 3 is 2.70 bits per heavy atom. The zero-order valence-corrected chi connectivity index (χ0v) is 14.5. The molecule has 0 saturated carbocycles. The average molecular weight is 381 g/mol. The average Bonchev–Trinajstić information content (AvgIpc) is 2.47. The third-order valence-electron chi connectivity index (χ3n) is 4.24. The zero-order valence-electron chi connectivity index (χ0n) is 13.0. The summed E-state index contributed by atoms with van der Waals surface area (Å²) >= 11 is 3.42. The number of aliphatic hydroxyl groups is 1. The van der Waals surface area contributed by atoms with Gasteiger partial charge < -0.3 is 14.6 Å². The number of fused-ring (bicyclic) bond motifs is 1. The highest BCUT2D eigenvalue weighted by atomic mass is 79.9. The van der Waals surface area contributed by atoms with Crippen molar-refractivity contribution in [2.45, 2.75) is 38.1 Å². The molecule has 0 amide bonds. The lowest BCUT2D eigenvalue weighted by Gasteiger charge is -2.48. The van der Waals surface area contributed by atoms with Crippen LogP contribution in [-0.4, -0.2) is 26.5 Å². The van der Waals surface area contributed by atoms with E-state index in [9.17, 15) is 9.90 Å². The number of rotatable bonds is 2. The third-order valence-corrected chi connectivity index (χ3v) is 4.73. The first-order valence-corrected chi connectivity index (χ1v) is 7.93. The van der Waals surface area contributed by atoms with Gasteiger partial charge >= 0.3 is 0 Å². The van der Waals surface area contributed by atoms with Crippen LogP contribution < -0.4 is 15.0 Å². The molecule has 1 aliphatic heterocycles. The second-order valence-electron chi connectivity index (χ2n) is 6.20. The second kappa shape index (κ2) is 5.35. The minimum atomic E-state index is -1.32. The van der Waals surface area contributed by atoms with Gasteiger partial charge in [0.15, 0.2) is 6.10 Å². The number of nitrogens with one attached hydrogen (secondary N) is 1. The number of aromatic nitrogens is 2. The van der Waals surface area contributed by atoms with E-state index in [2.05, 4.69) is 26.1 Å². The molecule has 0 bridgehead atoms. The van der Waals surface area contributed by atoms with E-state index in [1.807, 2.05) is 18.2 Å². The van der Waals surface area contributed by atoms with Gasteiger partial charge in [-0.15, -0.1) is 5.10 Å². The molecule has 2 atom stereocenters. The second-order valence-corrected chi connectivity index (χ2v) is 7.12. The fourth-order valence-corrected chi connectivity index (χ4v) is 2.89. The van der Waals surface area contributed by atoms with Crippen molar-refractivity contribution in [2.24, 2.45) is 0 Å². The van der Waals surface area contributed by atoms with Gasteiger partial charge in [0.05, 0.1) is 0 Å². The van der Waals surface area contributed by atoms with Gasteiger partial charge in [-0.2, -0.15) is 0 Å². The van der Waals surface area contributed by atoms with Gasteiger partial charge in [0.25, 0.3) is 5.56 Å². The van der Waals surface area contributed by atoms with E-state index in [1.165, 1.54) is 12.1 Å². The van der Waals surface area contributed by atoms with Crippen molar-refractivity contribution in [1.82, 2.24) is 10.2 Å². The first kappa shape index (κ1) is 16.0. The van der Waals surface area contributed by atoms with Crippen LogP contribution in [0, 0.1) is 0 Å². The summed E-state index contributed by atoms with van der Waals surface area (Å²) in [6, 6.07) is 8.32. The van der Waals surface area contributed by atoms with Crippen LogP contribution in [-0.2, 0) is 0 Å². The van der Waals surface area contributed by atoms with Gasteiger partial charge in [0, 0.05) is 22.2 Å². The zero-order chi connectivity index (χ0) is 16.8. The molecule has 0 spiro atoms. The van der Waals surface area contributed by atoms with Crippen molar-refractivity contribution in [3.63, 3.8) is 0 Å². The summed E-state index contributed by atoms with van der Waals surface area (Å²) in [7, 11) is 0. The summed E-state index contributed by atoms with van der Waals surface area (Å²) in [5.74, 6) is 0.859. The highest BCUT2D eigenvalue weighted by Crippen LogP contribution is 2.48. The molecule has 7 heteroatoms. The predicted molar refractivity (Wildman–Crippen MR) is 87.7 cm³/mol. The molecule has 1 aromatic heterocycles. The standard InChI is InChI=1S/C16H17BrN2O4/c1-15(2)16(3,21)14(22-13-7-6-12(20)18-19-13)10-8-9(17)4-5-11(10)23-15/h4-8,14,21H,1-3H3,(H,18,20). The number of benzene rings is 1. The molecule has 0 saturated heterocycles. The van der Waals surface area contributed by atoms with Crippen LogP contribution in [0.4, 0.5) is 0 Å². The summed E-state index contributed by atoms with van der Waals surface area (Å²) in [4.78, 5) is 11.1. The van der Waals surface area contributed by atoms with Crippen molar-refractivity contribution in [1.29, 1.82) is 0 Å². The van der Waals surface area contributed by atoms with Crippen LogP contribution in [0.1, 0.15) is 32.4 Å². The lowest BCUT2D eigenvalue weighted by Crippen LogP contribution is -2.59. The number of hydrogen-bond acceptors (Lipinski definition) is 5. The Morgan fingerprint density at radius 1 is 1.30 bits per heavy atom. The highest BCUT2D eigenvalue weighted by Gasteiger charge is 2.54. The first-order chi connectivity index (χ1) is 10.7. The van der Waals surface area contributed by atoms with Crippen molar-refractivity contribution in [3.8, 4) is 11.6 Å². The normalized spacial score (nSPS) is 25.3. The molecule has 3 rings (SSSR count). The maximum Gasteiger partial charge on any atom is 0.264 e. The third kappa shape index (κ3) is 2.74. The summed E-state index contributed by atoms with van der Waals surface area (Å²) < 4.78 is 12.7. The quantitative estimate of drug-likeness (QED) is 0.836. The van der Waals surface area contributed by atoms with Gasteiger partial charge in [-0.1, -0.05) is 15.9 Å². The number of ether oxygens (including phenoxy) is 2. The lowest BCUT2D eigenvalue weighted by atomic mass is 9.77. The summed E-state index contributed by atoms with van der Waals surface area (Å²) in [5, 5.41) is 17.2. The minimum Gasteiger partial charge on any atom is -0.484 e. The molecule has 1 aromatic carbocycles. The maximum atomic E-state index is 11.1. The monoisotopic (exact) mass is 380 g/mol. The van der Waals surface area contributed by atoms with E-state index in [1.54, 1.807) is 20.8 Å². The van der Waals surface area contributed by atoms with Crippen molar-refractivity contribution in [2.75, 3.05) is 0 Å².